The summed E-state index contributed by atoms with van der Waals surface area (Å²) in [5.74, 6) is 1.84. The largest absolute Gasteiger partial charge is 0.497 e. The standard InChI is InChI=1S/C34H49N3O2/c1-4-6-9-15-29-23-30-19-20-31(24-33(16-10-7-5-2)39-26-28-13-11-8-12-14-28)37(30)34(35)36(29)25-27-17-21-32(38-3)22-18-27/h6,8-9,11-14,17-18,21-22,29-31,33,35H,4-5,7,10,15-16,19-20,23-26H2,1-3H3/p+1/b9-6-/t29-,30-,31+,33+/m1/s1. The Labute approximate surface area is 236 Å². The highest BCUT2D eigenvalue weighted by Crippen LogP contribution is 2.34. The third-order valence-electron chi connectivity index (χ3n) is 8.48. The molecular weight excluding hydrogens is 482 g/mol. The number of guanidine groups is 1. The Morgan fingerprint density at radius 3 is 2.51 bits per heavy atom. The minimum atomic E-state index is 0.258. The molecule has 0 unspecified atom stereocenters. The van der Waals surface area contributed by atoms with Gasteiger partial charge in [-0.25, -0.2) is 0 Å². The van der Waals surface area contributed by atoms with E-state index in [1.54, 1.807) is 7.11 Å². The number of rotatable bonds is 15. The fourth-order valence-electron chi connectivity index (χ4n) is 6.34. The van der Waals surface area contributed by atoms with Crippen LogP contribution in [-0.2, 0) is 17.9 Å². The van der Waals surface area contributed by atoms with Crippen molar-refractivity contribution in [1.29, 1.82) is 0 Å². The first kappa shape index (κ1) is 29.2. The van der Waals surface area contributed by atoms with Crippen LogP contribution in [0.25, 0.3) is 0 Å². The van der Waals surface area contributed by atoms with Gasteiger partial charge in [-0.05, 0) is 55.4 Å². The fraction of sp³-hybridized carbons (Fsp3) is 0.559. The van der Waals surface area contributed by atoms with E-state index in [-0.39, 0.29) is 6.10 Å². The molecule has 4 rings (SSSR count). The number of hydrogen-bond donors (Lipinski definition) is 1. The van der Waals surface area contributed by atoms with Crippen LogP contribution in [0, 0.1) is 0 Å². The van der Waals surface area contributed by atoms with Gasteiger partial charge >= 0.3 is 5.96 Å². The highest BCUT2D eigenvalue weighted by Gasteiger charge is 2.44. The van der Waals surface area contributed by atoms with Gasteiger partial charge in [0.25, 0.3) is 0 Å². The van der Waals surface area contributed by atoms with Gasteiger partial charge in [0.1, 0.15) is 5.75 Å². The van der Waals surface area contributed by atoms with Gasteiger partial charge in [0.2, 0.25) is 0 Å². The Hall–Kier alpha value is -2.79. The number of ether oxygens (including phenoxy) is 2. The number of fused-ring (bicyclic) bond motifs is 1. The molecule has 0 saturated carbocycles. The monoisotopic (exact) mass is 532 g/mol. The van der Waals surface area contributed by atoms with Crippen LogP contribution in [0.1, 0.15) is 89.2 Å². The molecule has 2 N–H and O–H groups in total. The summed E-state index contributed by atoms with van der Waals surface area (Å²) in [6, 6.07) is 20.4. The van der Waals surface area contributed by atoms with Crippen LogP contribution in [0.4, 0.5) is 0 Å². The van der Waals surface area contributed by atoms with Gasteiger partial charge in [-0.15, -0.1) is 0 Å². The van der Waals surface area contributed by atoms with Crippen LogP contribution in [0.2, 0.25) is 0 Å². The molecule has 2 aromatic rings. The van der Waals surface area contributed by atoms with E-state index in [1.165, 1.54) is 43.2 Å². The third-order valence-corrected chi connectivity index (χ3v) is 8.48. The molecule has 1 saturated heterocycles. The van der Waals surface area contributed by atoms with Crippen molar-refractivity contribution in [1.82, 2.24) is 4.90 Å². The molecule has 5 heteroatoms. The van der Waals surface area contributed by atoms with E-state index >= 15 is 0 Å². The van der Waals surface area contributed by atoms with E-state index in [0.717, 1.165) is 50.4 Å². The van der Waals surface area contributed by atoms with Crippen LogP contribution < -0.4 is 10.5 Å². The summed E-state index contributed by atoms with van der Waals surface area (Å²) in [6.07, 6.45) is 16.5. The summed E-state index contributed by atoms with van der Waals surface area (Å²) in [7, 11) is 1.72. The second kappa shape index (κ2) is 15.1. The maximum absolute atomic E-state index is 7.09. The normalized spacial score (nSPS) is 21.9. The molecule has 0 bridgehead atoms. The van der Waals surface area contributed by atoms with Gasteiger partial charge in [-0.2, -0.15) is 0 Å². The molecule has 0 amide bonds. The van der Waals surface area contributed by atoms with Crippen LogP contribution >= 0.6 is 0 Å². The lowest BCUT2D eigenvalue weighted by molar-refractivity contribution is -0.593. The molecule has 2 heterocycles. The molecule has 0 aliphatic carbocycles. The number of benzene rings is 2. The smallest absolute Gasteiger partial charge is 0.346 e. The van der Waals surface area contributed by atoms with Crippen LogP contribution in [0.15, 0.2) is 66.7 Å². The Morgan fingerprint density at radius 1 is 1.00 bits per heavy atom. The number of unbranched alkanes of at least 4 members (excludes halogenated alkanes) is 2. The van der Waals surface area contributed by atoms with Crippen molar-refractivity contribution >= 4 is 5.96 Å². The number of hydrogen-bond acceptors (Lipinski definition) is 4. The number of methoxy groups -OCH3 is 1. The van der Waals surface area contributed by atoms with E-state index in [1.807, 2.05) is 12.1 Å². The Morgan fingerprint density at radius 2 is 1.79 bits per heavy atom. The molecule has 0 radical (unpaired) electrons. The summed E-state index contributed by atoms with van der Waals surface area (Å²) in [4.78, 5) is 2.47. The van der Waals surface area contributed by atoms with Gasteiger partial charge in [0.15, 0.2) is 0 Å². The van der Waals surface area contributed by atoms with E-state index in [2.05, 4.69) is 77.9 Å². The first-order chi connectivity index (χ1) is 19.1. The molecule has 212 valence electrons. The molecule has 39 heavy (non-hydrogen) atoms. The topological polar surface area (TPSA) is 50.7 Å². The van der Waals surface area contributed by atoms with Crippen molar-refractivity contribution in [2.75, 3.05) is 7.11 Å². The minimum Gasteiger partial charge on any atom is -0.497 e. The van der Waals surface area contributed by atoms with Crippen LogP contribution in [0.5, 0.6) is 5.75 Å². The molecule has 2 aromatic carbocycles. The predicted molar refractivity (Wildman–Crippen MR) is 161 cm³/mol. The molecule has 2 aliphatic rings. The van der Waals surface area contributed by atoms with Gasteiger partial charge in [0, 0.05) is 12.8 Å². The average Bonchev–Trinajstić information content (AvgIpc) is 3.37. The zero-order valence-corrected chi connectivity index (χ0v) is 24.4. The quantitative estimate of drug-likeness (QED) is 0.152. The van der Waals surface area contributed by atoms with E-state index in [9.17, 15) is 0 Å². The summed E-state index contributed by atoms with van der Waals surface area (Å²) >= 11 is 0. The third kappa shape index (κ3) is 8.11. The first-order valence-electron chi connectivity index (χ1n) is 15.2. The lowest BCUT2D eigenvalue weighted by Crippen LogP contribution is -2.57. The fourth-order valence-corrected chi connectivity index (χ4v) is 6.34. The lowest BCUT2D eigenvalue weighted by Gasteiger charge is -2.37. The minimum absolute atomic E-state index is 0.258. The Bertz CT molecular complexity index is 1050. The van der Waals surface area contributed by atoms with E-state index in [0.29, 0.717) is 24.7 Å². The van der Waals surface area contributed by atoms with E-state index in [4.69, 9.17) is 15.2 Å². The van der Waals surface area contributed by atoms with Gasteiger partial charge in [0.05, 0.1) is 44.5 Å². The van der Waals surface area contributed by atoms with Crippen molar-refractivity contribution in [2.45, 2.75) is 115 Å². The van der Waals surface area contributed by atoms with Crippen molar-refractivity contribution in [3.05, 3.63) is 77.9 Å². The molecule has 0 aromatic heterocycles. The lowest BCUT2D eigenvalue weighted by atomic mass is 9.98. The highest BCUT2D eigenvalue weighted by molar-refractivity contribution is 5.74. The highest BCUT2D eigenvalue weighted by atomic mass is 16.5. The van der Waals surface area contributed by atoms with Gasteiger partial charge < -0.3 is 9.47 Å². The van der Waals surface area contributed by atoms with Gasteiger partial charge in [-0.1, -0.05) is 87.7 Å². The number of nitrogens with zero attached hydrogens (tertiary/aromatic N) is 2. The van der Waals surface area contributed by atoms with Gasteiger partial charge in [-0.3, -0.25) is 15.2 Å². The molecule has 1 fully saturated rings. The second-order valence-corrected chi connectivity index (χ2v) is 11.3. The number of allylic oxidation sites excluding steroid dienone is 1. The van der Waals surface area contributed by atoms with Crippen molar-refractivity contribution < 1.29 is 14.0 Å². The molecule has 5 nitrogen and oxygen atoms in total. The zero-order chi connectivity index (χ0) is 27.5. The maximum Gasteiger partial charge on any atom is 0.346 e. The van der Waals surface area contributed by atoms with E-state index < -0.39 is 0 Å². The predicted octanol–water partition coefficient (Wildman–Crippen LogP) is 7.04. The summed E-state index contributed by atoms with van der Waals surface area (Å²) in [5.41, 5.74) is 9.61. The summed E-state index contributed by atoms with van der Waals surface area (Å²) in [5, 5.41) is 0. The maximum atomic E-state index is 7.09. The molecular formula is C34H50N3O2+. The Kier molecular flexibility index (Phi) is 11.3. The van der Waals surface area contributed by atoms with Crippen molar-refractivity contribution in [2.24, 2.45) is 5.73 Å². The molecule has 2 aliphatic heterocycles. The van der Waals surface area contributed by atoms with Crippen molar-refractivity contribution in [3.8, 4) is 5.75 Å². The average molecular weight is 533 g/mol. The second-order valence-electron chi connectivity index (χ2n) is 11.3. The number of nitrogens with two attached hydrogens (primary N) is 1. The molecule has 4 atom stereocenters. The zero-order valence-electron chi connectivity index (χ0n) is 24.4. The van der Waals surface area contributed by atoms with Crippen LogP contribution in [0.3, 0.4) is 0 Å². The summed E-state index contributed by atoms with van der Waals surface area (Å²) < 4.78 is 14.5. The SMILES string of the molecule is CC/C=C\C[C@@H]1C[C@H]2CC[C@@H](C[C@H](CCCCC)OCc3ccccc3)[N+]2=C(N)N1Cc1ccc(OC)cc1. The summed E-state index contributed by atoms with van der Waals surface area (Å²) in [6.45, 7) is 5.98. The Balaban J connectivity index is 1.53. The molecule has 0 spiro atoms. The first-order valence-corrected chi connectivity index (χ1v) is 15.2. The van der Waals surface area contributed by atoms with Crippen molar-refractivity contribution in [3.63, 3.8) is 0 Å². The van der Waals surface area contributed by atoms with Crippen LogP contribution in [-0.4, -0.2) is 46.8 Å².